The summed E-state index contributed by atoms with van der Waals surface area (Å²) in [6.07, 6.45) is 1.01. The molecule has 0 spiro atoms. The van der Waals surface area contributed by atoms with Gasteiger partial charge in [0.2, 0.25) is 5.91 Å². The monoisotopic (exact) mass is 313 g/mol. The molecule has 0 aromatic carbocycles. The molecule has 2 unspecified atom stereocenters. The maximum atomic E-state index is 11.9. The van der Waals surface area contributed by atoms with Crippen molar-refractivity contribution in [3.05, 3.63) is 16.1 Å². The molecular weight excluding hydrogens is 290 g/mol. The minimum absolute atomic E-state index is 0.000493. The predicted molar refractivity (Wildman–Crippen MR) is 82.3 cm³/mol. The van der Waals surface area contributed by atoms with Gasteiger partial charge in [0.05, 0.1) is 6.04 Å². The van der Waals surface area contributed by atoms with Gasteiger partial charge >= 0.3 is 5.97 Å². The van der Waals surface area contributed by atoms with Gasteiger partial charge in [0.25, 0.3) is 0 Å². The van der Waals surface area contributed by atoms with Gasteiger partial charge in [-0.25, -0.2) is 9.78 Å². The molecule has 4 N–H and O–H groups in total. The van der Waals surface area contributed by atoms with E-state index in [2.05, 4.69) is 31.1 Å². The van der Waals surface area contributed by atoms with Gasteiger partial charge in [-0.1, -0.05) is 20.8 Å². The van der Waals surface area contributed by atoms with Gasteiger partial charge in [0.1, 0.15) is 5.01 Å². The average molecular weight is 313 g/mol. The topological polar surface area (TPSA) is 105 Å². The molecular formula is C14H23N3O3S. The molecule has 6 nitrogen and oxygen atoms in total. The molecule has 0 radical (unpaired) electrons. The van der Waals surface area contributed by atoms with Crippen LogP contribution in [-0.4, -0.2) is 28.0 Å². The Kier molecular flexibility index (Phi) is 5.86. The van der Waals surface area contributed by atoms with Crippen molar-refractivity contribution >= 4 is 23.2 Å². The molecule has 118 valence electrons. The van der Waals surface area contributed by atoms with Crippen molar-refractivity contribution in [1.29, 1.82) is 0 Å². The van der Waals surface area contributed by atoms with Gasteiger partial charge in [-0.3, -0.25) is 4.79 Å². The summed E-state index contributed by atoms with van der Waals surface area (Å²) in [5, 5.41) is 13.7. The van der Waals surface area contributed by atoms with Crippen LogP contribution < -0.4 is 11.1 Å². The number of aromatic nitrogens is 1. The number of aromatic carboxylic acids is 1. The number of hydrogen-bond acceptors (Lipinski definition) is 5. The first-order valence-electron chi connectivity index (χ1n) is 6.82. The molecule has 0 saturated carbocycles. The molecule has 21 heavy (non-hydrogen) atoms. The number of thiazole rings is 1. The number of carbonyl (C=O) groups is 2. The second kappa shape index (κ2) is 7.00. The lowest BCUT2D eigenvalue weighted by Gasteiger charge is -2.23. The predicted octanol–water partition coefficient (Wildman–Crippen LogP) is 2.17. The van der Waals surface area contributed by atoms with Crippen molar-refractivity contribution in [2.45, 2.75) is 52.6 Å². The van der Waals surface area contributed by atoms with E-state index in [0.717, 1.165) is 6.42 Å². The number of hydrogen-bond donors (Lipinski definition) is 3. The van der Waals surface area contributed by atoms with Crippen molar-refractivity contribution in [3.63, 3.8) is 0 Å². The van der Waals surface area contributed by atoms with Crippen LogP contribution in [0.15, 0.2) is 5.38 Å². The number of amides is 1. The molecule has 0 aliphatic heterocycles. The fraction of sp³-hybridized carbons (Fsp3) is 0.643. The van der Waals surface area contributed by atoms with Gasteiger partial charge in [0.15, 0.2) is 5.69 Å². The minimum Gasteiger partial charge on any atom is -0.476 e. The number of carboxylic acid groups (broad SMARTS) is 1. The van der Waals surface area contributed by atoms with E-state index in [9.17, 15) is 9.59 Å². The maximum absolute atomic E-state index is 11.9. The highest BCUT2D eigenvalue weighted by Crippen LogP contribution is 2.22. The summed E-state index contributed by atoms with van der Waals surface area (Å²) in [7, 11) is 0. The van der Waals surface area contributed by atoms with Gasteiger partial charge in [-0.15, -0.1) is 11.3 Å². The highest BCUT2D eigenvalue weighted by Gasteiger charge is 2.20. The molecule has 1 heterocycles. The largest absolute Gasteiger partial charge is 0.476 e. The van der Waals surface area contributed by atoms with E-state index in [1.165, 1.54) is 16.7 Å². The lowest BCUT2D eigenvalue weighted by atomic mass is 9.87. The Morgan fingerprint density at radius 3 is 2.57 bits per heavy atom. The van der Waals surface area contributed by atoms with Crippen LogP contribution in [0.3, 0.4) is 0 Å². The molecule has 0 fully saturated rings. The van der Waals surface area contributed by atoms with E-state index in [1.54, 1.807) is 6.92 Å². The fourth-order valence-corrected chi connectivity index (χ4v) is 2.84. The van der Waals surface area contributed by atoms with Crippen LogP contribution in [0.5, 0.6) is 0 Å². The second-order valence-corrected chi connectivity index (χ2v) is 7.28. The molecule has 7 heteroatoms. The van der Waals surface area contributed by atoms with Crippen molar-refractivity contribution in [2.24, 2.45) is 11.1 Å². The molecule has 0 saturated heterocycles. The lowest BCUT2D eigenvalue weighted by molar-refractivity contribution is -0.122. The van der Waals surface area contributed by atoms with E-state index in [1.807, 2.05) is 0 Å². The Labute approximate surface area is 128 Å². The van der Waals surface area contributed by atoms with Crippen molar-refractivity contribution < 1.29 is 14.7 Å². The van der Waals surface area contributed by atoms with Gasteiger partial charge in [-0.05, 0) is 18.8 Å². The Hall–Kier alpha value is -1.47. The van der Waals surface area contributed by atoms with Gasteiger partial charge in [0, 0.05) is 17.8 Å². The Morgan fingerprint density at radius 2 is 2.10 bits per heavy atom. The smallest absolute Gasteiger partial charge is 0.355 e. The summed E-state index contributed by atoms with van der Waals surface area (Å²) in [5.41, 5.74) is 6.05. The summed E-state index contributed by atoms with van der Waals surface area (Å²) >= 11 is 1.22. The second-order valence-electron chi connectivity index (χ2n) is 6.39. The van der Waals surface area contributed by atoms with Crippen LogP contribution in [0.4, 0.5) is 0 Å². The third-order valence-corrected chi connectivity index (χ3v) is 3.84. The zero-order chi connectivity index (χ0) is 16.2. The number of carboxylic acids is 1. The van der Waals surface area contributed by atoms with Crippen LogP contribution in [0.1, 0.15) is 62.1 Å². The SMILES string of the molecule is CC(NC(=O)CC(N)CC(C)(C)C)c1nc(C(=O)O)cs1. The van der Waals surface area contributed by atoms with Crippen LogP contribution in [0, 0.1) is 5.41 Å². The van der Waals surface area contributed by atoms with Crippen molar-refractivity contribution in [3.8, 4) is 0 Å². The van der Waals surface area contributed by atoms with Crippen LogP contribution in [-0.2, 0) is 4.79 Å². The number of carbonyl (C=O) groups excluding carboxylic acids is 1. The first-order chi connectivity index (χ1) is 9.58. The number of nitrogens with two attached hydrogens (primary N) is 1. The number of rotatable bonds is 6. The fourth-order valence-electron chi connectivity index (χ4n) is 2.04. The zero-order valence-corrected chi connectivity index (χ0v) is 13.7. The van der Waals surface area contributed by atoms with E-state index < -0.39 is 5.97 Å². The Bertz CT molecular complexity index is 508. The van der Waals surface area contributed by atoms with E-state index in [0.29, 0.717) is 5.01 Å². The number of nitrogens with one attached hydrogen (secondary N) is 1. The zero-order valence-electron chi connectivity index (χ0n) is 12.8. The minimum atomic E-state index is -1.07. The van der Waals surface area contributed by atoms with E-state index >= 15 is 0 Å². The Balaban J connectivity index is 2.51. The summed E-state index contributed by atoms with van der Waals surface area (Å²) < 4.78 is 0. The molecule has 2 atom stereocenters. The number of nitrogens with zero attached hydrogens (tertiary/aromatic N) is 1. The first-order valence-corrected chi connectivity index (χ1v) is 7.70. The molecule has 0 bridgehead atoms. The quantitative estimate of drug-likeness (QED) is 0.746. The van der Waals surface area contributed by atoms with Crippen LogP contribution in [0.2, 0.25) is 0 Å². The van der Waals surface area contributed by atoms with Gasteiger partial charge < -0.3 is 16.2 Å². The molecule has 0 aliphatic carbocycles. The first kappa shape index (κ1) is 17.6. The average Bonchev–Trinajstić information content (AvgIpc) is 2.74. The van der Waals surface area contributed by atoms with Crippen LogP contribution >= 0.6 is 11.3 Å². The third-order valence-electron chi connectivity index (χ3n) is 2.81. The Morgan fingerprint density at radius 1 is 1.48 bits per heavy atom. The maximum Gasteiger partial charge on any atom is 0.355 e. The van der Waals surface area contributed by atoms with Crippen molar-refractivity contribution in [1.82, 2.24) is 10.3 Å². The molecule has 0 aliphatic rings. The van der Waals surface area contributed by atoms with E-state index in [-0.39, 0.29) is 35.5 Å². The molecule has 1 aromatic heterocycles. The lowest BCUT2D eigenvalue weighted by Crippen LogP contribution is -2.35. The van der Waals surface area contributed by atoms with Crippen molar-refractivity contribution in [2.75, 3.05) is 0 Å². The summed E-state index contributed by atoms with van der Waals surface area (Å²) in [4.78, 5) is 26.7. The highest BCUT2D eigenvalue weighted by atomic mass is 32.1. The molecule has 1 rings (SSSR count). The summed E-state index contributed by atoms with van der Waals surface area (Å²) in [6.45, 7) is 8.01. The van der Waals surface area contributed by atoms with E-state index in [4.69, 9.17) is 10.8 Å². The standard InChI is InChI=1S/C14H23N3O3S/c1-8(12-17-10(7-21-12)13(19)20)16-11(18)5-9(15)6-14(2,3)4/h7-9H,5-6,15H2,1-4H3,(H,16,18)(H,19,20). The van der Waals surface area contributed by atoms with Crippen LogP contribution in [0.25, 0.3) is 0 Å². The summed E-state index contributed by atoms with van der Waals surface area (Å²) in [5.74, 6) is -1.21. The molecule has 1 aromatic rings. The molecule has 1 amide bonds. The highest BCUT2D eigenvalue weighted by molar-refractivity contribution is 7.09. The van der Waals surface area contributed by atoms with Gasteiger partial charge in [-0.2, -0.15) is 0 Å². The summed E-state index contributed by atoms with van der Waals surface area (Å²) in [6, 6.07) is -0.513. The third kappa shape index (κ3) is 6.22. The normalized spacial score (nSPS) is 14.5.